The molecule has 1 amide bonds. The first-order valence-corrected chi connectivity index (χ1v) is 10.1. The molecular weight excluding hydrogens is 386 g/mol. The monoisotopic (exact) mass is 405 g/mol. The normalized spacial score (nSPS) is 17.0. The van der Waals surface area contributed by atoms with Gasteiger partial charge in [-0.1, -0.05) is 0 Å². The summed E-state index contributed by atoms with van der Waals surface area (Å²) in [4.78, 5) is 23.8. The second-order valence-corrected chi connectivity index (χ2v) is 7.92. The van der Waals surface area contributed by atoms with Gasteiger partial charge in [0.15, 0.2) is 0 Å². The van der Waals surface area contributed by atoms with Gasteiger partial charge in [0.1, 0.15) is 5.75 Å². The summed E-state index contributed by atoms with van der Waals surface area (Å²) in [5, 5.41) is 10.7. The molecule has 1 atom stereocenters. The summed E-state index contributed by atoms with van der Waals surface area (Å²) < 4.78 is 32.9. The lowest BCUT2D eigenvalue weighted by Crippen LogP contribution is -2.37. The molecule has 10 heteroatoms. The number of non-ortho nitro benzene ring substituents is 1. The molecular formula is C18H19N3O6S. The first kappa shape index (κ1) is 19.8. The van der Waals surface area contributed by atoms with Crippen molar-refractivity contribution in [3.63, 3.8) is 0 Å². The molecule has 0 saturated carbocycles. The largest absolute Gasteiger partial charge is 0.494 e. The fraction of sp³-hybridized carbons (Fsp3) is 0.278. The Morgan fingerprint density at radius 2 is 1.82 bits per heavy atom. The topological polar surface area (TPSA) is 119 Å². The summed E-state index contributed by atoms with van der Waals surface area (Å²) in [6.45, 7) is 2.60. The number of anilines is 1. The minimum atomic E-state index is -3.90. The molecule has 0 radical (unpaired) electrons. The molecule has 0 unspecified atom stereocenters. The predicted molar refractivity (Wildman–Crippen MR) is 102 cm³/mol. The molecule has 148 valence electrons. The first-order chi connectivity index (χ1) is 13.3. The van der Waals surface area contributed by atoms with Gasteiger partial charge >= 0.3 is 0 Å². The van der Waals surface area contributed by atoms with Crippen LogP contribution in [0, 0.1) is 10.1 Å². The first-order valence-electron chi connectivity index (χ1n) is 8.60. The summed E-state index contributed by atoms with van der Waals surface area (Å²) >= 11 is 0. The lowest BCUT2D eigenvalue weighted by Gasteiger charge is -2.18. The minimum absolute atomic E-state index is 0.0272. The van der Waals surface area contributed by atoms with Gasteiger partial charge < -0.3 is 9.64 Å². The number of rotatable bonds is 7. The van der Waals surface area contributed by atoms with Crippen molar-refractivity contribution in [1.29, 1.82) is 0 Å². The molecule has 9 nitrogen and oxygen atoms in total. The van der Waals surface area contributed by atoms with Gasteiger partial charge in [0.2, 0.25) is 15.9 Å². The number of carbonyl (C=O) groups is 1. The van der Waals surface area contributed by atoms with Crippen molar-refractivity contribution >= 4 is 27.3 Å². The molecule has 1 aliphatic heterocycles. The Labute approximate surface area is 162 Å². The van der Waals surface area contributed by atoms with Crippen LogP contribution in [0.1, 0.15) is 13.3 Å². The number of sulfonamides is 1. The highest BCUT2D eigenvalue weighted by Gasteiger charge is 2.33. The van der Waals surface area contributed by atoms with E-state index in [2.05, 4.69) is 4.72 Å². The van der Waals surface area contributed by atoms with Crippen LogP contribution in [0.2, 0.25) is 0 Å². The van der Waals surface area contributed by atoms with Gasteiger partial charge in [-0.25, -0.2) is 13.1 Å². The Morgan fingerprint density at radius 3 is 2.39 bits per heavy atom. The molecule has 1 N–H and O–H groups in total. The number of carbonyl (C=O) groups excluding carboxylic acids is 1. The highest BCUT2D eigenvalue weighted by atomic mass is 32.2. The highest BCUT2D eigenvalue weighted by Crippen LogP contribution is 2.25. The van der Waals surface area contributed by atoms with Gasteiger partial charge in [-0.05, 0) is 43.3 Å². The fourth-order valence-corrected chi connectivity index (χ4v) is 4.19. The molecule has 0 aromatic heterocycles. The maximum atomic E-state index is 12.5. The third-order valence-electron chi connectivity index (χ3n) is 4.26. The molecule has 0 spiro atoms. The molecule has 0 aliphatic carbocycles. The van der Waals surface area contributed by atoms with Crippen LogP contribution in [0.15, 0.2) is 53.4 Å². The number of nitro benzene ring substituents is 1. The van der Waals surface area contributed by atoms with E-state index in [1.54, 1.807) is 24.3 Å². The Hall–Kier alpha value is -2.98. The van der Waals surface area contributed by atoms with E-state index in [9.17, 15) is 23.3 Å². The zero-order valence-electron chi connectivity index (χ0n) is 15.1. The average Bonchev–Trinajstić information content (AvgIpc) is 3.02. The Bertz CT molecular complexity index is 973. The maximum absolute atomic E-state index is 12.5. The van der Waals surface area contributed by atoms with E-state index >= 15 is 0 Å². The molecule has 1 fully saturated rings. The molecule has 2 aromatic rings. The summed E-state index contributed by atoms with van der Waals surface area (Å²) in [7, 11) is -3.90. The third kappa shape index (κ3) is 4.29. The second-order valence-electron chi connectivity index (χ2n) is 6.20. The van der Waals surface area contributed by atoms with E-state index in [1.807, 2.05) is 6.92 Å². The van der Waals surface area contributed by atoms with Crippen LogP contribution in [0.5, 0.6) is 5.75 Å². The number of benzene rings is 2. The van der Waals surface area contributed by atoms with Crippen molar-refractivity contribution in [2.45, 2.75) is 24.3 Å². The lowest BCUT2D eigenvalue weighted by molar-refractivity contribution is -0.384. The molecule has 2 aromatic carbocycles. The molecule has 1 aliphatic rings. The fourth-order valence-electron chi connectivity index (χ4n) is 2.96. The van der Waals surface area contributed by atoms with E-state index in [1.165, 1.54) is 17.0 Å². The van der Waals surface area contributed by atoms with Gasteiger partial charge in [-0.3, -0.25) is 14.9 Å². The van der Waals surface area contributed by atoms with Gasteiger partial charge in [0.25, 0.3) is 5.69 Å². The SMILES string of the molecule is CCOc1ccc(N2C[C@@H](NS(=O)(=O)c3ccc([N+](=O)[O-])cc3)CC2=O)cc1. The van der Waals surface area contributed by atoms with Gasteiger partial charge in [-0.2, -0.15) is 0 Å². The number of ether oxygens (including phenoxy) is 1. The van der Waals surface area contributed by atoms with Crippen LogP contribution in [-0.2, 0) is 14.8 Å². The van der Waals surface area contributed by atoms with Crippen LogP contribution in [0.4, 0.5) is 11.4 Å². The summed E-state index contributed by atoms with van der Waals surface area (Å²) in [5.74, 6) is 0.494. The lowest BCUT2D eigenvalue weighted by atomic mass is 10.3. The Morgan fingerprint density at radius 1 is 1.18 bits per heavy atom. The maximum Gasteiger partial charge on any atom is 0.269 e. The van der Waals surface area contributed by atoms with Crippen molar-refractivity contribution in [3.8, 4) is 5.75 Å². The number of hydrogen-bond acceptors (Lipinski definition) is 6. The molecule has 0 bridgehead atoms. The second kappa shape index (κ2) is 7.95. The zero-order valence-corrected chi connectivity index (χ0v) is 15.9. The van der Waals surface area contributed by atoms with E-state index in [4.69, 9.17) is 4.74 Å². The van der Waals surface area contributed by atoms with Crippen LogP contribution in [-0.4, -0.2) is 38.4 Å². The molecule has 1 saturated heterocycles. The zero-order chi connectivity index (χ0) is 20.3. The Kier molecular flexibility index (Phi) is 5.61. The minimum Gasteiger partial charge on any atom is -0.494 e. The quantitative estimate of drug-likeness (QED) is 0.556. The number of hydrogen-bond donors (Lipinski definition) is 1. The molecule has 1 heterocycles. The molecule has 28 heavy (non-hydrogen) atoms. The van der Waals surface area contributed by atoms with E-state index < -0.39 is 21.0 Å². The van der Waals surface area contributed by atoms with Crippen molar-refractivity contribution < 1.29 is 22.9 Å². The van der Waals surface area contributed by atoms with Crippen molar-refractivity contribution in [3.05, 3.63) is 58.6 Å². The predicted octanol–water partition coefficient (Wildman–Crippen LogP) is 2.08. The van der Waals surface area contributed by atoms with Crippen LogP contribution < -0.4 is 14.4 Å². The van der Waals surface area contributed by atoms with Crippen LogP contribution in [0.3, 0.4) is 0 Å². The summed E-state index contributed by atoms with van der Waals surface area (Å²) in [5.41, 5.74) is 0.460. The van der Waals surface area contributed by atoms with Crippen LogP contribution in [0.25, 0.3) is 0 Å². The third-order valence-corrected chi connectivity index (χ3v) is 5.80. The molecule has 3 rings (SSSR count). The van der Waals surface area contributed by atoms with Crippen molar-refractivity contribution in [2.24, 2.45) is 0 Å². The van der Waals surface area contributed by atoms with Gasteiger partial charge in [0, 0.05) is 36.8 Å². The van der Waals surface area contributed by atoms with Crippen molar-refractivity contribution in [1.82, 2.24) is 4.72 Å². The van der Waals surface area contributed by atoms with Crippen molar-refractivity contribution in [2.75, 3.05) is 18.1 Å². The van der Waals surface area contributed by atoms with E-state index in [0.717, 1.165) is 12.1 Å². The Balaban J connectivity index is 1.69. The van der Waals surface area contributed by atoms with Crippen LogP contribution >= 0.6 is 0 Å². The van der Waals surface area contributed by atoms with E-state index in [0.29, 0.717) is 18.0 Å². The number of amides is 1. The highest BCUT2D eigenvalue weighted by molar-refractivity contribution is 7.89. The number of nitro groups is 1. The number of nitrogens with zero attached hydrogens (tertiary/aromatic N) is 2. The number of nitrogens with one attached hydrogen (secondary N) is 1. The average molecular weight is 405 g/mol. The smallest absolute Gasteiger partial charge is 0.269 e. The standard InChI is InChI=1S/C18H19N3O6S/c1-2-27-16-7-3-14(4-8-16)20-12-13(11-18(20)22)19-28(25,26)17-9-5-15(6-10-17)21(23)24/h3-10,13,19H,2,11-12H2,1H3/t13-/m0/s1. The summed E-state index contributed by atoms with van der Waals surface area (Å²) in [6.07, 6.45) is 0.0272. The summed E-state index contributed by atoms with van der Waals surface area (Å²) in [6, 6.07) is 11.0. The van der Waals surface area contributed by atoms with Gasteiger partial charge in [-0.15, -0.1) is 0 Å². The van der Waals surface area contributed by atoms with E-state index in [-0.39, 0.29) is 29.5 Å². The van der Waals surface area contributed by atoms with Gasteiger partial charge in [0.05, 0.1) is 16.4 Å².